The normalized spacial score (nSPS) is 22.4. The van der Waals surface area contributed by atoms with Crippen LogP contribution in [0.15, 0.2) is 24.3 Å². The van der Waals surface area contributed by atoms with Crippen molar-refractivity contribution in [2.24, 2.45) is 5.73 Å². The molecule has 4 N–H and O–H groups in total. The average Bonchev–Trinajstić information content (AvgIpc) is 2.94. The molecule has 1 fully saturated rings. The molecule has 0 saturated carbocycles. The van der Waals surface area contributed by atoms with Gasteiger partial charge < -0.3 is 20.9 Å². The highest BCUT2D eigenvalue weighted by Gasteiger charge is 2.30. The minimum atomic E-state index is -1.08. The summed E-state index contributed by atoms with van der Waals surface area (Å²) >= 11 is 0. The second kappa shape index (κ2) is 8.29. The van der Waals surface area contributed by atoms with Crippen LogP contribution >= 0.6 is 12.4 Å². The molecule has 1 aromatic rings. The molecule has 118 valence electrons. The number of aliphatic hydroxyl groups is 1. The third-order valence-corrected chi connectivity index (χ3v) is 3.40. The Labute approximate surface area is 129 Å². The lowest BCUT2D eigenvalue weighted by molar-refractivity contribution is -0.132. The number of hydrogen-bond acceptors (Lipinski definition) is 4. The molecular formula is C14H20ClFN2O3. The van der Waals surface area contributed by atoms with Gasteiger partial charge in [0.05, 0.1) is 12.2 Å². The smallest absolute Gasteiger partial charge is 0.249 e. The van der Waals surface area contributed by atoms with E-state index in [1.807, 2.05) is 0 Å². The molecule has 1 heterocycles. The van der Waals surface area contributed by atoms with E-state index in [-0.39, 0.29) is 36.5 Å². The number of rotatable bonds is 5. The van der Waals surface area contributed by atoms with Crippen LogP contribution in [0.2, 0.25) is 0 Å². The molecule has 5 nitrogen and oxygen atoms in total. The van der Waals surface area contributed by atoms with Gasteiger partial charge >= 0.3 is 0 Å². The first-order valence-electron chi connectivity index (χ1n) is 6.67. The molecule has 1 aromatic carbocycles. The Hall–Kier alpha value is -1.21. The Morgan fingerprint density at radius 3 is 2.81 bits per heavy atom. The van der Waals surface area contributed by atoms with Crippen molar-refractivity contribution in [2.75, 3.05) is 13.1 Å². The quantitative estimate of drug-likeness (QED) is 0.753. The van der Waals surface area contributed by atoms with Crippen LogP contribution < -0.4 is 11.1 Å². The second-order valence-corrected chi connectivity index (χ2v) is 4.84. The maximum atomic E-state index is 13.5. The zero-order chi connectivity index (χ0) is 14.5. The van der Waals surface area contributed by atoms with E-state index in [4.69, 9.17) is 10.5 Å². The number of halogens is 2. The largest absolute Gasteiger partial charge is 0.386 e. The number of nitrogens with two attached hydrogens (primary N) is 1. The van der Waals surface area contributed by atoms with Crippen molar-refractivity contribution in [2.45, 2.75) is 31.2 Å². The van der Waals surface area contributed by atoms with E-state index in [0.717, 1.165) is 6.42 Å². The average molecular weight is 319 g/mol. The summed E-state index contributed by atoms with van der Waals surface area (Å²) in [6, 6.07) is 5.94. The number of ether oxygens (including phenoxy) is 1. The Morgan fingerprint density at radius 1 is 1.48 bits per heavy atom. The third kappa shape index (κ3) is 4.64. The van der Waals surface area contributed by atoms with Gasteiger partial charge in [0.15, 0.2) is 0 Å². The molecule has 7 heteroatoms. The minimum Gasteiger partial charge on any atom is -0.386 e. The predicted octanol–water partition coefficient (Wildman–Crippen LogP) is 0.903. The molecule has 3 atom stereocenters. The molecular weight excluding hydrogens is 299 g/mol. The van der Waals surface area contributed by atoms with Crippen LogP contribution in [0.25, 0.3) is 0 Å². The lowest BCUT2D eigenvalue weighted by atomic mass is 10.1. The highest BCUT2D eigenvalue weighted by atomic mass is 35.5. The molecule has 1 aliphatic heterocycles. The first-order valence-corrected chi connectivity index (χ1v) is 6.67. The van der Waals surface area contributed by atoms with Gasteiger partial charge in [-0.3, -0.25) is 4.79 Å². The number of carbonyl (C=O) groups is 1. The van der Waals surface area contributed by atoms with Crippen molar-refractivity contribution in [1.82, 2.24) is 5.32 Å². The standard InChI is InChI=1S/C14H19FN2O3.ClH/c15-11-4-2-1-3-10(11)12(18)8-17-14(19)13-6-5-9(7-16)20-13;/h1-4,9,12-13,18H,5-8,16H2,(H,17,19);1H/t9-,12?,13+;/m1./s1. The predicted molar refractivity (Wildman–Crippen MR) is 78.6 cm³/mol. The summed E-state index contributed by atoms with van der Waals surface area (Å²) in [5.74, 6) is -0.786. The van der Waals surface area contributed by atoms with E-state index in [1.165, 1.54) is 12.1 Å². The van der Waals surface area contributed by atoms with Crippen LogP contribution in [-0.2, 0) is 9.53 Å². The van der Waals surface area contributed by atoms with Crippen LogP contribution in [0, 0.1) is 5.82 Å². The van der Waals surface area contributed by atoms with Gasteiger partial charge in [0.1, 0.15) is 11.9 Å². The van der Waals surface area contributed by atoms with E-state index in [1.54, 1.807) is 12.1 Å². The summed E-state index contributed by atoms with van der Waals surface area (Å²) in [5.41, 5.74) is 5.64. The molecule has 0 bridgehead atoms. The number of nitrogens with one attached hydrogen (secondary N) is 1. The molecule has 0 spiro atoms. The van der Waals surface area contributed by atoms with E-state index in [2.05, 4.69) is 5.32 Å². The molecule has 0 aromatic heterocycles. The fourth-order valence-corrected chi connectivity index (χ4v) is 2.24. The zero-order valence-electron chi connectivity index (χ0n) is 11.5. The van der Waals surface area contributed by atoms with Crippen molar-refractivity contribution < 1.29 is 19.0 Å². The van der Waals surface area contributed by atoms with Gasteiger partial charge in [-0.25, -0.2) is 4.39 Å². The van der Waals surface area contributed by atoms with E-state index in [9.17, 15) is 14.3 Å². The van der Waals surface area contributed by atoms with Gasteiger partial charge in [0, 0.05) is 18.7 Å². The number of benzene rings is 1. The van der Waals surface area contributed by atoms with E-state index in [0.29, 0.717) is 13.0 Å². The zero-order valence-corrected chi connectivity index (χ0v) is 12.3. The van der Waals surface area contributed by atoms with Crippen LogP contribution in [0.5, 0.6) is 0 Å². The van der Waals surface area contributed by atoms with Crippen LogP contribution in [0.3, 0.4) is 0 Å². The molecule has 0 radical (unpaired) electrons. The highest BCUT2D eigenvalue weighted by Crippen LogP contribution is 2.19. The lowest BCUT2D eigenvalue weighted by Crippen LogP contribution is -2.37. The molecule has 1 amide bonds. The number of hydrogen-bond donors (Lipinski definition) is 3. The van der Waals surface area contributed by atoms with Gasteiger partial charge in [-0.05, 0) is 18.9 Å². The van der Waals surface area contributed by atoms with Crippen LogP contribution in [0.4, 0.5) is 4.39 Å². The maximum absolute atomic E-state index is 13.5. The highest BCUT2D eigenvalue weighted by molar-refractivity contribution is 5.85. The van der Waals surface area contributed by atoms with Gasteiger partial charge in [-0.15, -0.1) is 12.4 Å². The fraction of sp³-hybridized carbons (Fsp3) is 0.500. The summed E-state index contributed by atoms with van der Waals surface area (Å²) in [7, 11) is 0. The first kappa shape index (κ1) is 17.8. The second-order valence-electron chi connectivity index (χ2n) is 4.84. The first-order chi connectivity index (χ1) is 9.61. The van der Waals surface area contributed by atoms with E-state index >= 15 is 0 Å². The number of aliphatic hydroxyl groups excluding tert-OH is 1. The molecule has 21 heavy (non-hydrogen) atoms. The Balaban J connectivity index is 0.00000220. The van der Waals surface area contributed by atoms with Crippen molar-refractivity contribution >= 4 is 18.3 Å². The molecule has 1 saturated heterocycles. The number of carbonyl (C=O) groups excluding carboxylic acids is 1. The van der Waals surface area contributed by atoms with Gasteiger partial charge in [0.2, 0.25) is 5.91 Å². The summed E-state index contributed by atoms with van der Waals surface area (Å²) in [6.07, 6.45) is -0.320. The van der Waals surface area contributed by atoms with Crippen LogP contribution in [-0.4, -0.2) is 36.3 Å². The lowest BCUT2D eigenvalue weighted by Gasteiger charge is -2.16. The summed E-state index contributed by atoms with van der Waals surface area (Å²) in [4.78, 5) is 11.8. The fourth-order valence-electron chi connectivity index (χ4n) is 2.24. The summed E-state index contributed by atoms with van der Waals surface area (Å²) < 4.78 is 18.9. The monoisotopic (exact) mass is 318 g/mol. The molecule has 0 aliphatic carbocycles. The van der Waals surface area contributed by atoms with Gasteiger partial charge in [0.25, 0.3) is 0 Å². The molecule has 1 aliphatic rings. The third-order valence-electron chi connectivity index (χ3n) is 3.40. The molecule has 1 unspecified atom stereocenters. The minimum absolute atomic E-state index is 0. The van der Waals surface area contributed by atoms with E-state index < -0.39 is 18.0 Å². The maximum Gasteiger partial charge on any atom is 0.249 e. The Bertz CT molecular complexity index is 475. The Kier molecular flexibility index (Phi) is 7.04. The van der Waals surface area contributed by atoms with Crippen molar-refractivity contribution in [3.8, 4) is 0 Å². The van der Waals surface area contributed by atoms with Crippen LogP contribution in [0.1, 0.15) is 24.5 Å². The summed E-state index contributed by atoms with van der Waals surface area (Å²) in [6.45, 7) is 0.342. The van der Waals surface area contributed by atoms with Gasteiger partial charge in [-0.2, -0.15) is 0 Å². The summed E-state index contributed by atoms with van der Waals surface area (Å²) in [5, 5.41) is 12.4. The number of amides is 1. The topological polar surface area (TPSA) is 84.6 Å². The Morgan fingerprint density at radius 2 is 2.19 bits per heavy atom. The van der Waals surface area contributed by atoms with Crippen molar-refractivity contribution in [3.63, 3.8) is 0 Å². The van der Waals surface area contributed by atoms with Gasteiger partial charge in [-0.1, -0.05) is 18.2 Å². The SMILES string of the molecule is Cl.NC[C@H]1CC[C@@H](C(=O)NCC(O)c2ccccc2F)O1. The molecule has 2 rings (SSSR count). The van der Waals surface area contributed by atoms with Crippen molar-refractivity contribution in [3.05, 3.63) is 35.6 Å². The van der Waals surface area contributed by atoms with Crippen molar-refractivity contribution in [1.29, 1.82) is 0 Å².